The van der Waals surface area contributed by atoms with Gasteiger partial charge in [-0.3, -0.25) is 0 Å². The number of alkyl halides is 3. The molecule has 1 nitrogen and oxygen atoms in total. The summed E-state index contributed by atoms with van der Waals surface area (Å²) in [5.74, 6) is -1.32. The monoisotopic (exact) mass is 317 g/mol. The molecule has 0 aromatic heterocycles. The minimum atomic E-state index is -4.74. The molecule has 2 N–H and O–H groups in total. The van der Waals surface area contributed by atoms with Crippen LogP contribution >= 0.6 is 11.6 Å². The molecule has 0 radical (unpaired) electrons. The zero-order chi connectivity index (χ0) is 15.6. The van der Waals surface area contributed by atoms with Gasteiger partial charge in [0.1, 0.15) is 5.82 Å². The SMILES string of the molecule is NC(Cc1cccc(Cl)c1)c1cccc(C(F)(F)F)c1F. The van der Waals surface area contributed by atoms with Gasteiger partial charge in [-0.1, -0.05) is 35.9 Å². The van der Waals surface area contributed by atoms with E-state index in [4.69, 9.17) is 17.3 Å². The summed E-state index contributed by atoms with van der Waals surface area (Å²) in [4.78, 5) is 0. The number of rotatable bonds is 3. The minimum Gasteiger partial charge on any atom is -0.324 e. The molecule has 21 heavy (non-hydrogen) atoms. The average molecular weight is 318 g/mol. The van der Waals surface area contributed by atoms with Crippen molar-refractivity contribution < 1.29 is 17.6 Å². The highest BCUT2D eigenvalue weighted by Gasteiger charge is 2.35. The Morgan fingerprint density at radius 3 is 2.38 bits per heavy atom. The fraction of sp³-hybridized carbons (Fsp3) is 0.200. The standard InChI is InChI=1S/C15H12ClF4N/c16-10-4-1-3-9(7-10)8-13(21)11-5-2-6-12(14(11)17)15(18,19)20/h1-7,13H,8,21H2. The second-order valence-corrected chi connectivity index (χ2v) is 5.08. The van der Waals surface area contributed by atoms with Crippen molar-refractivity contribution in [1.82, 2.24) is 0 Å². The van der Waals surface area contributed by atoms with E-state index in [9.17, 15) is 17.6 Å². The van der Waals surface area contributed by atoms with Crippen LogP contribution in [0.3, 0.4) is 0 Å². The van der Waals surface area contributed by atoms with Gasteiger partial charge in [0.25, 0.3) is 0 Å². The molecule has 0 saturated heterocycles. The topological polar surface area (TPSA) is 26.0 Å². The quantitative estimate of drug-likeness (QED) is 0.813. The molecular weight excluding hydrogens is 306 g/mol. The fourth-order valence-electron chi connectivity index (χ4n) is 2.08. The first kappa shape index (κ1) is 15.8. The van der Waals surface area contributed by atoms with Crippen molar-refractivity contribution in [1.29, 1.82) is 0 Å². The average Bonchev–Trinajstić information content (AvgIpc) is 2.37. The predicted octanol–water partition coefficient (Wildman–Crippen LogP) is 4.74. The van der Waals surface area contributed by atoms with Crippen molar-refractivity contribution >= 4 is 11.6 Å². The summed E-state index contributed by atoms with van der Waals surface area (Å²) in [5, 5.41) is 0.490. The molecule has 2 aromatic carbocycles. The lowest BCUT2D eigenvalue weighted by atomic mass is 9.97. The molecule has 0 spiro atoms. The zero-order valence-electron chi connectivity index (χ0n) is 10.8. The normalized spacial score (nSPS) is 13.2. The van der Waals surface area contributed by atoms with Gasteiger partial charge in [-0.25, -0.2) is 4.39 Å². The lowest BCUT2D eigenvalue weighted by Crippen LogP contribution is -2.18. The zero-order valence-corrected chi connectivity index (χ0v) is 11.5. The fourth-order valence-corrected chi connectivity index (χ4v) is 2.30. The first-order chi connectivity index (χ1) is 9.79. The van der Waals surface area contributed by atoms with E-state index >= 15 is 0 Å². The molecule has 0 saturated carbocycles. The maximum absolute atomic E-state index is 14.0. The molecule has 0 aliphatic carbocycles. The first-order valence-corrected chi connectivity index (χ1v) is 6.52. The van der Waals surface area contributed by atoms with Crippen molar-refractivity contribution in [2.45, 2.75) is 18.6 Å². The van der Waals surface area contributed by atoms with Crippen LogP contribution in [0, 0.1) is 5.82 Å². The van der Waals surface area contributed by atoms with Crippen molar-refractivity contribution in [2.24, 2.45) is 5.73 Å². The van der Waals surface area contributed by atoms with Crippen LogP contribution in [0.5, 0.6) is 0 Å². The highest BCUT2D eigenvalue weighted by molar-refractivity contribution is 6.30. The lowest BCUT2D eigenvalue weighted by molar-refractivity contribution is -0.140. The Kier molecular flexibility index (Phi) is 4.54. The Bertz CT molecular complexity index is 640. The molecule has 0 aliphatic rings. The molecule has 0 heterocycles. The summed E-state index contributed by atoms with van der Waals surface area (Å²) in [6.45, 7) is 0. The van der Waals surface area contributed by atoms with Gasteiger partial charge in [-0.2, -0.15) is 13.2 Å². The largest absolute Gasteiger partial charge is 0.419 e. The van der Waals surface area contributed by atoms with Crippen LogP contribution in [-0.2, 0) is 12.6 Å². The smallest absolute Gasteiger partial charge is 0.324 e. The third kappa shape index (κ3) is 3.74. The molecule has 0 aliphatic heterocycles. The van der Waals surface area contributed by atoms with E-state index in [1.807, 2.05) is 0 Å². The summed E-state index contributed by atoms with van der Waals surface area (Å²) in [5.41, 5.74) is 5.10. The molecule has 2 rings (SSSR count). The Labute approximate surface area is 124 Å². The van der Waals surface area contributed by atoms with E-state index in [1.165, 1.54) is 6.07 Å². The number of nitrogens with two attached hydrogens (primary N) is 1. The Hall–Kier alpha value is -1.59. The maximum atomic E-state index is 14.0. The summed E-state index contributed by atoms with van der Waals surface area (Å²) in [7, 11) is 0. The highest BCUT2D eigenvalue weighted by Crippen LogP contribution is 2.34. The minimum absolute atomic E-state index is 0.162. The van der Waals surface area contributed by atoms with Gasteiger partial charge >= 0.3 is 6.18 Å². The summed E-state index contributed by atoms with van der Waals surface area (Å²) < 4.78 is 52.0. The van der Waals surface area contributed by atoms with Crippen molar-refractivity contribution in [3.8, 4) is 0 Å². The number of hydrogen-bond donors (Lipinski definition) is 1. The van der Waals surface area contributed by atoms with Crippen molar-refractivity contribution in [3.63, 3.8) is 0 Å². The van der Waals surface area contributed by atoms with E-state index in [-0.39, 0.29) is 12.0 Å². The van der Waals surface area contributed by atoms with Crippen LogP contribution in [0.4, 0.5) is 17.6 Å². The number of hydrogen-bond acceptors (Lipinski definition) is 1. The van der Waals surface area contributed by atoms with Crippen LogP contribution in [0.2, 0.25) is 5.02 Å². The van der Waals surface area contributed by atoms with Crippen LogP contribution in [-0.4, -0.2) is 0 Å². The third-order valence-corrected chi connectivity index (χ3v) is 3.31. The summed E-state index contributed by atoms with van der Waals surface area (Å²) >= 11 is 5.83. The number of halogens is 5. The number of benzene rings is 2. The molecule has 112 valence electrons. The van der Waals surface area contributed by atoms with Crippen LogP contribution in [0.1, 0.15) is 22.7 Å². The molecule has 2 aromatic rings. The van der Waals surface area contributed by atoms with E-state index in [0.717, 1.165) is 11.6 Å². The van der Waals surface area contributed by atoms with Crippen LogP contribution in [0.15, 0.2) is 42.5 Å². The maximum Gasteiger partial charge on any atom is 0.419 e. The Morgan fingerprint density at radius 1 is 1.10 bits per heavy atom. The van der Waals surface area contributed by atoms with Crippen LogP contribution < -0.4 is 5.73 Å². The summed E-state index contributed by atoms with van der Waals surface area (Å²) in [6, 6.07) is 8.98. The van der Waals surface area contributed by atoms with E-state index in [2.05, 4.69) is 0 Å². The molecular formula is C15H12ClF4N. The molecule has 0 amide bonds. The van der Waals surface area contributed by atoms with E-state index < -0.39 is 23.6 Å². The van der Waals surface area contributed by atoms with Crippen molar-refractivity contribution in [2.75, 3.05) is 0 Å². The lowest BCUT2D eigenvalue weighted by Gasteiger charge is -2.16. The second-order valence-electron chi connectivity index (χ2n) is 4.65. The van der Waals surface area contributed by atoms with Gasteiger partial charge in [-0.05, 0) is 30.2 Å². The Balaban J connectivity index is 2.30. The molecule has 0 bridgehead atoms. The molecule has 1 atom stereocenters. The summed E-state index contributed by atoms with van der Waals surface area (Å²) in [6.07, 6.45) is -4.55. The second kappa shape index (κ2) is 6.03. The first-order valence-electron chi connectivity index (χ1n) is 6.14. The van der Waals surface area contributed by atoms with Gasteiger partial charge in [0.2, 0.25) is 0 Å². The van der Waals surface area contributed by atoms with E-state index in [1.54, 1.807) is 24.3 Å². The van der Waals surface area contributed by atoms with Gasteiger partial charge in [0.05, 0.1) is 5.56 Å². The Morgan fingerprint density at radius 2 is 1.76 bits per heavy atom. The van der Waals surface area contributed by atoms with Gasteiger partial charge < -0.3 is 5.73 Å². The highest BCUT2D eigenvalue weighted by atomic mass is 35.5. The van der Waals surface area contributed by atoms with Crippen molar-refractivity contribution in [3.05, 3.63) is 70.0 Å². The van der Waals surface area contributed by atoms with Gasteiger partial charge in [0, 0.05) is 16.6 Å². The molecule has 1 unspecified atom stereocenters. The van der Waals surface area contributed by atoms with Gasteiger partial charge in [0.15, 0.2) is 0 Å². The predicted molar refractivity (Wildman–Crippen MR) is 73.5 cm³/mol. The third-order valence-electron chi connectivity index (χ3n) is 3.08. The van der Waals surface area contributed by atoms with Crippen LogP contribution in [0.25, 0.3) is 0 Å². The van der Waals surface area contributed by atoms with Gasteiger partial charge in [-0.15, -0.1) is 0 Å². The van der Waals surface area contributed by atoms with E-state index in [0.29, 0.717) is 11.1 Å². The molecule has 0 fully saturated rings. The molecule has 6 heteroatoms.